The lowest BCUT2D eigenvalue weighted by Crippen LogP contribution is -2.29. The van der Waals surface area contributed by atoms with Gasteiger partial charge in [0, 0.05) is 16.2 Å². The van der Waals surface area contributed by atoms with E-state index in [1.807, 2.05) is 43.3 Å². The summed E-state index contributed by atoms with van der Waals surface area (Å²) >= 11 is 3.41. The molecule has 3 aromatic rings. The Labute approximate surface area is 176 Å². The third-order valence-corrected chi connectivity index (χ3v) is 5.41. The number of carbonyl (C=O) groups is 2. The Morgan fingerprint density at radius 2 is 1.72 bits per heavy atom. The Morgan fingerprint density at radius 3 is 2.34 bits per heavy atom. The molecule has 6 heteroatoms. The number of Topliss-reactive ketones (excluding diaryl/α,β-unsaturated/α-hetero) is 1. The molecule has 0 aliphatic carbocycles. The van der Waals surface area contributed by atoms with Gasteiger partial charge in [-0.15, -0.1) is 0 Å². The Morgan fingerprint density at radius 1 is 1.03 bits per heavy atom. The number of nitrogens with zero attached hydrogens (tertiary/aromatic N) is 2. The quantitative estimate of drug-likeness (QED) is 0.355. The molecule has 1 N–H and O–H groups in total. The van der Waals surface area contributed by atoms with Gasteiger partial charge in [0.2, 0.25) is 0 Å². The van der Waals surface area contributed by atoms with Gasteiger partial charge in [0.25, 0.3) is 11.7 Å². The summed E-state index contributed by atoms with van der Waals surface area (Å²) in [5.41, 5.74) is 2.78. The summed E-state index contributed by atoms with van der Waals surface area (Å²) in [7, 11) is 0. The molecule has 1 aromatic heterocycles. The maximum Gasteiger partial charge on any atom is 0.300 e. The van der Waals surface area contributed by atoms with Gasteiger partial charge in [-0.3, -0.25) is 19.5 Å². The summed E-state index contributed by atoms with van der Waals surface area (Å²) < 4.78 is 0.873. The molecule has 4 rings (SSSR count). The zero-order valence-corrected chi connectivity index (χ0v) is 17.1. The van der Waals surface area contributed by atoms with Gasteiger partial charge in [0.15, 0.2) is 0 Å². The minimum Gasteiger partial charge on any atom is -0.507 e. The number of amides is 1. The highest BCUT2D eigenvalue weighted by Crippen LogP contribution is 2.42. The van der Waals surface area contributed by atoms with Gasteiger partial charge >= 0.3 is 0 Å². The number of hydrogen-bond donors (Lipinski definition) is 1. The van der Waals surface area contributed by atoms with Crippen LogP contribution < -0.4 is 4.90 Å². The van der Waals surface area contributed by atoms with Crippen molar-refractivity contribution in [1.82, 2.24) is 4.98 Å². The minimum absolute atomic E-state index is 0.0602. The van der Waals surface area contributed by atoms with Crippen LogP contribution >= 0.6 is 15.9 Å². The van der Waals surface area contributed by atoms with Gasteiger partial charge in [-0.25, -0.2) is 0 Å². The molecular formula is C23H17BrN2O3. The summed E-state index contributed by atoms with van der Waals surface area (Å²) in [4.78, 5) is 31.4. The fourth-order valence-corrected chi connectivity index (χ4v) is 3.69. The monoisotopic (exact) mass is 448 g/mol. The summed E-state index contributed by atoms with van der Waals surface area (Å²) in [6.45, 7) is 1.94. The maximum absolute atomic E-state index is 13.0. The van der Waals surface area contributed by atoms with Crippen molar-refractivity contribution in [3.05, 3.63) is 99.8 Å². The molecule has 2 aromatic carbocycles. The standard InChI is InChI=1S/C23H17BrN2O3/c1-14-4-6-16(7-5-14)21(27)19-20(15-8-10-17(24)11-9-15)26(23(29)22(19)28)18-3-2-12-25-13-18/h2-13,20,27H,1H3/t20-/m0/s1. The molecule has 0 saturated carbocycles. The van der Waals surface area contributed by atoms with Crippen molar-refractivity contribution in [3.63, 3.8) is 0 Å². The number of pyridine rings is 1. The van der Waals surface area contributed by atoms with Gasteiger partial charge in [-0.05, 0) is 36.8 Å². The molecule has 0 spiro atoms. The van der Waals surface area contributed by atoms with E-state index in [9.17, 15) is 14.7 Å². The van der Waals surface area contributed by atoms with Crippen molar-refractivity contribution in [2.75, 3.05) is 4.90 Å². The number of carbonyl (C=O) groups excluding carboxylic acids is 2. The van der Waals surface area contributed by atoms with E-state index in [4.69, 9.17) is 0 Å². The molecule has 5 nitrogen and oxygen atoms in total. The van der Waals surface area contributed by atoms with Crippen LogP contribution in [0.3, 0.4) is 0 Å². The lowest BCUT2D eigenvalue weighted by atomic mass is 9.95. The first-order valence-corrected chi connectivity index (χ1v) is 9.80. The fourth-order valence-electron chi connectivity index (χ4n) is 3.42. The second kappa shape index (κ2) is 7.64. The number of benzene rings is 2. The van der Waals surface area contributed by atoms with Crippen molar-refractivity contribution < 1.29 is 14.7 Å². The fraction of sp³-hybridized carbons (Fsp3) is 0.0870. The topological polar surface area (TPSA) is 70.5 Å². The zero-order chi connectivity index (χ0) is 20.5. The molecule has 1 aliphatic rings. The van der Waals surface area contributed by atoms with Gasteiger partial charge in [-0.1, -0.05) is 57.9 Å². The molecule has 0 unspecified atom stereocenters. The number of aliphatic hydroxyl groups excluding tert-OH is 1. The van der Waals surface area contributed by atoms with Crippen LogP contribution in [0.2, 0.25) is 0 Å². The van der Waals surface area contributed by atoms with E-state index in [2.05, 4.69) is 20.9 Å². The Hall–Kier alpha value is -3.25. The van der Waals surface area contributed by atoms with E-state index in [0.717, 1.165) is 10.0 Å². The smallest absolute Gasteiger partial charge is 0.300 e. The Kier molecular flexibility index (Phi) is 5.03. The number of aromatic nitrogens is 1. The Bertz CT molecular complexity index is 1110. The van der Waals surface area contributed by atoms with Crippen LogP contribution in [0.15, 0.2) is 83.1 Å². The van der Waals surface area contributed by atoms with E-state index in [-0.39, 0.29) is 11.3 Å². The van der Waals surface area contributed by atoms with Crippen molar-refractivity contribution in [1.29, 1.82) is 0 Å². The van der Waals surface area contributed by atoms with Crippen LogP contribution in [0.5, 0.6) is 0 Å². The first-order chi connectivity index (χ1) is 14.0. The molecule has 1 aliphatic heterocycles. The van der Waals surface area contributed by atoms with Crippen molar-refractivity contribution in [2.45, 2.75) is 13.0 Å². The van der Waals surface area contributed by atoms with E-state index < -0.39 is 17.7 Å². The highest BCUT2D eigenvalue weighted by molar-refractivity contribution is 9.10. The molecular weight excluding hydrogens is 432 g/mol. The van der Waals surface area contributed by atoms with Crippen LogP contribution in [-0.2, 0) is 9.59 Å². The zero-order valence-electron chi connectivity index (χ0n) is 15.5. The van der Waals surface area contributed by atoms with Crippen LogP contribution in [0.4, 0.5) is 5.69 Å². The van der Waals surface area contributed by atoms with Gasteiger partial charge < -0.3 is 5.11 Å². The number of aliphatic hydroxyl groups is 1. The van der Waals surface area contributed by atoms with Crippen LogP contribution in [0.25, 0.3) is 5.76 Å². The van der Waals surface area contributed by atoms with E-state index in [1.54, 1.807) is 30.5 Å². The SMILES string of the molecule is Cc1ccc(C(O)=C2C(=O)C(=O)N(c3cccnc3)[C@H]2c2ccc(Br)cc2)cc1. The van der Waals surface area contributed by atoms with Crippen molar-refractivity contribution >= 4 is 39.1 Å². The summed E-state index contributed by atoms with van der Waals surface area (Å²) in [6, 6.07) is 17.2. The largest absolute Gasteiger partial charge is 0.507 e. The minimum atomic E-state index is -0.756. The van der Waals surface area contributed by atoms with Gasteiger partial charge in [0.05, 0.1) is 23.5 Å². The molecule has 29 heavy (non-hydrogen) atoms. The second-order valence-corrected chi connectivity index (χ2v) is 7.71. The average molecular weight is 449 g/mol. The lowest BCUT2D eigenvalue weighted by Gasteiger charge is -2.25. The van der Waals surface area contributed by atoms with Crippen LogP contribution in [0, 0.1) is 6.92 Å². The number of hydrogen-bond acceptors (Lipinski definition) is 4. The highest BCUT2D eigenvalue weighted by atomic mass is 79.9. The predicted octanol–water partition coefficient (Wildman–Crippen LogP) is 4.78. The molecule has 1 amide bonds. The molecule has 2 heterocycles. The Balaban J connectivity index is 1.94. The average Bonchev–Trinajstić information content (AvgIpc) is 3.00. The van der Waals surface area contributed by atoms with E-state index in [0.29, 0.717) is 16.8 Å². The number of ketones is 1. The van der Waals surface area contributed by atoms with E-state index in [1.165, 1.54) is 11.1 Å². The molecule has 1 fully saturated rings. The first kappa shape index (κ1) is 19.1. The number of rotatable bonds is 3. The highest BCUT2D eigenvalue weighted by Gasteiger charge is 2.47. The van der Waals surface area contributed by atoms with Crippen LogP contribution in [-0.4, -0.2) is 21.8 Å². The molecule has 1 saturated heterocycles. The van der Waals surface area contributed by atoms with Crippen LogP contribution in [0.1, 0.15) is 22.7 Å². The van der Waals surface area contributed by atoms with Crippen molar-refractivity contribution in [3.8, 4) is 0 Å². The molecule has 1 atom stereocenters. The van der Waals surface area contributed by atoms with E-state index >= 15 is 0 Å². The molecule has 0 radical (unpaired) electrons. The third-order valence-electron chi connectivity index (χ3n) is 4.88. The first-order valence-electron chi connectivity index (χ1n) is 9.01. The summed E-state index contributed by atoms with van der Waals surface area (Å²) in [5, 5.41) is 11.0. The predicted molar refractivity (Wildman–Crippen MR) is 114 cm³/mol. The number of aryl methyl sites for hydroxylation is 1. The molecule has 0 bridgehead atoms. The maximum atomic E-state index is 13.0. The van der Waals surface area contributed by atoms with Gasteiger partial charge in [-0.2, -0.15) is 0 Å². The second-order valence-electron chi connectivity index (χ2n) is 6.80. The number of anilines is 1. The van der Waals surface area contributed by atoms with Gasteiger partial charge in [0.1, 0.15) is 5.76 Å². The summed E-state index contributed by atoms with van der Waals surface area (Å²) in [6.07, 6.45) is 3.13. The lowest BCUT2D eigenvalue weighted by molar-refractivity contribution is -0.132. The summed E-state index contributed by atoms with van der Waals surface area (Å²) in [5.74, 6) is -1.61. The normalized spacial score (nSPS) is 18.3. The van der Waals surface area contributed by atoms with Crippen molar-refractivity contribution in [2.24, 2.45) is 0 Å². The molecule has 144 valence electrons. The third kappa shape index (κ3) is 3.47. The number of halogens is 1.